The van der Waals surface area contributed by atoms with Crippen molar-refractivity contribution in [1.29, 1.82) is 0 Å². The van der Waals surface area contributed by atoms with E-state index < -0.39 is 0 Å². The first-order valence-corrected chi connectivity index (χ1v) is 7.30. The molecule has 2 aliphatic rings. The Morgan fingerprint density at radius 3 is 2.50 bits per heavy atom. The van der Waals surface area contributed by atoms with Gasteiger partial charge in [0.1, 0.15) is 0 Å². The second-order valence-electron chi connectivity index (χ2n) is 5.47. The molecule has 3 unspecified atom stereocenters. The number of nitrogens with zero attached hydrogens (tertiary/aromatic N) is 1. The quantitative estimate of drug-likeness (QED) is 0.897. The fourth-order valence-corrected chi connectivity index (χ4v) is 3.81. The molecule has 3 rings (SSSR count). The first kappa shape index (κ1) is 12.7. The Kier molecular flexibility index (Phi) is 3.55. The molecular weight excluding hydrogens is 267 g/mol. The summed E-state index contributed by atoms with van der Waals surface area (Å²) >= 11 is 12.3. The van der Waals surface area contributed by atoms with Crippen LogP contribution in [0.2, 0.25) is 10.0 Å². The molecule has 4 heteroatoms. The molecule has 3 atom stereocenters. The highest BCUT2D eigenvalue weighted by Crippen LogP contribution is 2.35. The number of fused-ring (bicyclic) bond motifs is 1. The minimum Gasteiger partial charge on any atom is -0.316 e. The number of likely N-dealkylation sites (tertiary alicyclic amines) is 1. The van der Waals surface area contributed by atoms with Crippen molar-refractivity contribution in [3.63, 3.8) is 0 Å². The van der Waals surface area contributed by atoms with Crippen LogP contribution < -0.4 is 5.32 Å². The summed E-state index contributed by atoms with van der Waals surface area (Å²) in [7, 11) is 0. The van der Waals surface area contributed by atoms with E-state index in [9.17, 15) is 0 Å². The number of hydrogen-bond donors (Lipinski definition) is 1. The van der Waals surface area contributed by atoms with Crippen LogP contribution in [0, 0.1) is 11.8 Å². The monoisotopic (exact) mass is 284 g/mol. The Hall–Kier alpha value is -0.280. The van der Waals surface area contributed by atoms with E-state index in [1.54, 1.807) is 0 Å². The van der Waals surface area contributed by atoms with Gasteiger partial charge in [-0.15, -0.1) is 0 Å². The molecule has 2 nitrogen and oxygen atoms in total. The third kappa shape index (κ3) is 2.27. The van der Waals surface area contributed by atoms with Gasteiger partial charge in [0, 0.05) is 29.2 Å². The molecule has 0 saturated carbocycles. The van der Waals surface area contributed by atoms with Crippen LogP contribution in [-0.4, -0.2) is 31.1 Å². The largest absolute Gasteiger partial charge is 0.316 e. The van der Waals surface area contributed by atoms with E-state index in [-0.39, 0.29) is 0 Å². The smallest absolute Gasteiger partial charge is 0.0468 e. The van der Waals surface area contributed by atoms with E-state index >= 15 is 0 Å². The van der Waals surface area contributed by atoms with Gasteiger partial charge in [0.25, 0.3) is 0 Å². The Morgan fingerprint density at radius 2 is 1.89 bits per heavy atom. The van der Waals surface area contributed by atoms with Crippen molar-refractivity contribution in [2.45, 2.75) is 13.0 Å². The fourth-order valence-electron chi connectivity index (χ4n) is 3.24. The van der Waals surface area contributed by atoms with Crippen LogP contribution in [0.4, 0.5) is 0 Å². The van der Waals surface area contributed by atoms with E-state index in [0.29, 0.717) is 11.1 Å². The molecule has 18 heavy (non-hydrogen) atoms. The van der Waals surface area contributed by atoms with Gasteiger partial charge in [-0.25, -0.2) is 0 Å². The van der Waals surface area contributed by atoms with Crippen molar-refractivity contribution in [2.75, 3.05) is 26.2 Å². The van der Waals surface area contributed by atoms with Gasteiger partial charge >= 0.3 is 0 Å². The molecule has 0 aliphatic carbocycles. The molecule has 1 aromatic rings. The molecule has 1 N–H and O–H groups in total. The SMILES string of the molecule is CC(c1ccc(Cl)cc1Cl)N1CC2CNCC2C1. The number of benzene rings is 1. The van der Waals surface area contributed by atoms with Crippen molar-refractivity contribution in [3.05, 3.63) is 33.8 Å². The molecule has 0 radical (unpaired) electrons. The zero-order valence-corrected chi connectivity index (χ0v) is 12.0. The predicted molar refractivity (Wildman–Crippen MR) is 76.3 cm³/mol. The maximum Gasteiger partial charge on any atom is 0.0468 e. The lowest BCUT2D eigenvalue weighted by Crippen LogP contribution is -2.28. The highest BCUT2D eigenvalue weighted by Gasteiger charge is 2.38. The summed E-state index contributed by atoms with van der Waals surface area (Å²) in [6.07, 6.45) is 0. The lowest BCUT2D eigenvalue weighted by atomic mass is 10.0. The van der Waals surface area contributed by atoms with Crippen LogP contribution in [0.3, 0.4) is 0 Å². The molecule has 98 valence electrons. The van der Waals surface area contributed by atoms with Crippen molar-refractivity contribution in [3.8, 4) is 0 Å². The van der Waals surface area contributed by atoms with Crippen LogP contribution in [0.1, 0.15) is 18.5 Å². The summed E-state index contributed by atoms with van der Waals surface area (Å²) in [6.45, 7) is 6.93. The molecule has 2 aliphatic heterocycles. The number of hydrogen-bond acceptors (Lipinski definition) is 2. The Balaban J connectivity index is 1.76. The van der Waals surface area contributed by atoms with Crippen molar-refractivity contribution >= 4 is 23.2 Å². The lowest BCUT2D eigenvalue weighted by Gasteiger charge is -2.26. The summed E-state index contributed by atoms with van der Waals surface area (Å²) in [5.41, 5.74) is 1.19. The average Bonchev–Trinajstić information content (AvgIpc) is 2.87. The molecule has 2 heterocycles. The summed E-state index contributed by atoms with van der Waals surface area (Å²) in [4.78, 5) is 2.55. The van der Waals surface area contributed by atoms with Crippen LogP contribution in [0.25, 0.3) is 0 Å². The lowest BCUT2D eigenvalue weighted by molar-refractivity contribution is 0.244. The van der Waals surface area contributed by atoms with Gasteiger partial charge in [0.2, 0.25) is 0 Å². The summed E-state index contributed by atoms with van der Waals surface area (Å²) in [5.74, 6) is 1.64. The second kappa shape index (κ2) is 5.01. The molecular formula is C14H18Cl2N2. The van der Waals surface area contributed by atoms with Crippen LogP contribution >= 0.6 is 23.2 Å². The maximum atomic E-state index is 6.30. The van der Waals surface area contributed by atoms with Crippen molar-refractivity contribution < 1.29 is 0 Å². The number of rotatable bonds is 2. The maximum absolute atomic E-state index is 6.30. The molecule has 2 fully saturated rings. The van der Waals surface area contributed by atoms with E-state index in [0.717, 1.165) is 16.9 Å². The van der Waals surface area contributed by atoms with Gasteiger partial charge in [-0.05, 0) is 49.5 Å². The Morgan fingerprint density at radius 1 is 1.22 bits per heavy atom. The van der Waals surface area contributed by atoms with E-state index in [1.807, 2.05) is 12.1 Å². The van der Waals surface area contributed by atoms with Gasteiger partial charge in [-0.3, -0.25) is 4.90 Å². The third-order valence-electron chi connectivity index (χ3n) is 4.38. The van der Waals surface area contributed by atoms with Crippen molar-refractivity contribution in [2.24, 2.45) is 11.8 Å². The first-order chi connectivity index (χ1) is 8.65. The summed E-state index contributed by atoms with van der Waals surface area (Å²) < 4.78 is 0. The molecule has 0 bridgehead atoms. The topological polar surface area (TPSA) is 15.3 Å². The molecule has 1 aromatic carbocycles. The second-order valence-corrected chi connectivity index (χ2v) is 6.32. The minimum atomic E-state index is 0.375. The van der Waals surface area contributed by atoms with Crippen molar-refractivity contribution in [1.82, 2.24) is 10.2 Å². The standard InChI is InChI=1S/C14H18Cl2N2/c1-9(13-3-2-12(15)4-14(13)16)18-7-10-5-17-6-11(10)8-18/h2-4,9-11,17H,5-8H2,1H3. The van der Waals surface area contributed by atoms with E-state index in [1.165, 1.54) is 31.7 Å². The molecule has 0 aromatic heterocycles. The summed E-state index contributed by atoms with van der Waals surface area (Å²) in [6, 6.07) is 6.20. The van der Waals surface area contributed by atoms with Gasteiger partial charge in [0.05, 0.1) is 0 Å². The Bertz CT molecular complexity index is 437. The number of halogens is 2. The minimum absolute atomic E-state index is 0.375. The predicted octanol–water partition coefficient (Wildman–Crippen LogP) is 3.21. The fraction of sp³-hybridized carbons (Fsp3) is 0.571. The van der Waals surface area contributed by atoms with Gasteiger partial charge in [-0.2, -0.15) is 0 Å². The molecule has 0 spiro atoms. The first-order valence-electron chi connectivity index (χ1n) is 6.55. The third-order valence-corrected chi connectivity index (χ3v) is 4.94. The van der Waals surface area contributed by atoms with E-state index in [2.05, 4.69) is 23.2 Å². The van der Waals surface area contributed by atoms with Crippen LogP contribution in [0.5, 0.6) is 0 Å². The van der Waals surface area contributed by atoms with Gasteiger partial charge < -0.3 is 5.32 Å². The normalized spacial score (nSPS) is 29.5. The summed E-state index contributed by atoms with van der Waals surface area (Å²) in [5, 5.41) is 4.96. The molecule has 2 saturated heterocycles. The zero-order chi connectivity index (χ0) is 12.7. The average molecular weight is 285 g/mol. The highest BCUT2D eigenvalue weighted by atomic mass is 35.5. The van der Waals surface area contributed by atoms with Gasteiger partial charge in [-0.1, -0.05) is 29.3 Å². The zero-order valence-electron chi connectivity index (χ0n) is 10.5. The Labute approximate surface area is 118 Å². The molecule has 0 amide bonds. The number of nitrogens with one attached hydrogen (secondary N) is 1. The van der Waals surface area contributed by atoms with Gasteiger partial charge in [0.15, 0.2) is 0 Å². The van der Waals surface area contributed by atoms with Crippen LogP contribution in [0.15, 0.2) is 18.2 Å². The highest BCUT2D eigenvalue weighted by molar-refractivity contribution is 6.35. The van der Waals surface area contributed by atoms with E-state index in [4.69, 9.17) is 23.2 Å². The van der Waals surface area contributed by atoms with Crippen LogP contribution in [-0.2, 0) is 0 Å².